The summed E-state index contributed by atoms with van der Waals surface area (Å²) in [5.74, 6) is 1.13. The lowest BCUT2D eigenvalue weighted by atomic mass is 9.82. The highest BCUT2D eigenvalue weighted by atomic mass is 16.3. The topological polar surface area (TPSA) is 130 Å². The molecule has 0 amide bonds. The number of aryl methyl sites for hydroxylation is 4. The van der Waals surface area contributed by atoms with E-state index in [1.165, 1.54) is 0 Å². The van der Waals surface area contributed by atoms with Crippen LogP contribution >= 0.6 is 0 Å². The highest BCUT2D eigenvalue weighted by Crippen LogP contribution is 2.39. The van der Waals surface area contributed by atoms with Crippen LogP contribution in [0.4, 0.5) is 0 Å². The van der Waals surface area contributed by atoms with Crippen molar-refractivity contribution in [2.45, 2.75) is 213 Å². The minimum absolute atomic E-state index is 0.0159. The molecule has 0 saturated heterocycles. The van der Waals surface area contributed by atoms with Gasteiger partial charge in [0, 0.05) is 69.4 Å². The van der Waals surface area contributed by atoms with Gasteiger partial charge in [0.2, 0.25) is 0 Å². The van der Waals surface area contributed by atoms with E-state index in [2.05, 4.69) is 133 Å². The average molecular weight is 937 g/mol. The maximum absolute atomic E-state index is 11.7. The summed E-state index contributed by atoms with van der Waals surface area (Å²) < 4.78 is 0. The molecule has 0 aromatic heterocycles. The molecule has 372 valence electrons. The van der Waals surface area contributed by atoms with Gasteiger partial charge in [0.15, 0.2) is 0 Å². The van der Waals surface area contributed by atoms with Crippen molar-refractivity contribution in [3.05, 3.63) is 115 Å². The largest absolute Gasteiger partial charge is 0.507 e. The fourth-order valence-electron chi connectivity index (χ4n) is 10.1. The van der Waals surface area contributed by atoms with Gasteiger partial charge in [0.25, 0.3) is 0 Å². The molecular weight excluding hydrogens is 853 g/mol. The molecule has 8 heteroatoms. The second kappa shape index (κ2) is 21.4. The zero-order valence-electron chi connectivity index (χ0n) is 44.6. The first-order chi connectivity index (χ1) is 32.2. The van der Waals surface area contributed by atoms with Gasteiger partial charge >= 0.3 is 0 Å². The second-order valence-electron chi connectivity index (χ2n) is 24.5. The standard InChI is InChI=1S/C61H84N4O4/c1-38-26-42(54(66)46(28-38)58(3,4)5)34-62-50-22-15-17-24-52(50)64-36-44-30-40(32-48(56(44)68)60(9,10)11)20-19-21-41-31-45(57(69)49(33-41)61(12,13)14)37-65-53-25-18-16-23-51(53)63-35-43-27-39(2)29-47(55(43)67)59(6,7)8/h26-37,50-53,66-69H,15-25H2,1-14H3. The third kappa shape index (κ3) is 13.6. The Bertz CT molecular complexity index is 2400. The molecule has 4 N–H and O–H groups in total. The lowest BCUT2D eigenvalue weighted by Crippen LogP contribution is -2.27. The van der Waals surface area contributed by atoms with Gasteiger partial charge in [-0.3, -0.25) is 20.0 Å². The van der Waals surface area contributed by atoms with Gasteiger partial charge in [0.05, 0.1) is 24.2 Å². The van der Waals surface area contributed by atoms with E-state index < -0.39 is 0 Å². The molecule has 2 fully saturated rings. The number of benzene rings is 4. The number of rotatable bonds is 12. The average Bonchev–Trinajstić information content (AvgIpc) is 3.25. The summed E-state index contributed by atoms with van der Waals surface area (Å²) in [5.41, 5.74) is 10.1. The molecule has 2 aliphatic rings. The SMILES string of the molecule is Cc1cc(C=NC2CCCCC2N=Cc2cc(CCCc3cc(C=NC4CCCCC4N=Cc4cc(C)cc(C(C)(C)C)c4O)c(O)c(C(C)(C)C)c3)cc(C(C)(C)C)c2O)c(O)c(C(C)(C)C)c1. The Labute approximate surface area is 415 Å². The first-order valence-electron chi connectivity index (χ1n) is 25.7. The Morgan fingerprint density at radius 2 is 0.638 bits per heavy atom. The van der Waals surface area contributed by atoms with Crippen molar-refractivity contribution in [2.24, 2.45) is 20.0 Å². The maximum Gasteiger partial charge on any atom is 0.128 e. The molecule has 4 unspecified atom stereocenters. The van der Waals surface area contributed by atoms with E-state index in [-0.39, 0.29) is 57.3 Å². The molecule has 0 aliphatic heterocycles. The van der Waals surface area contributed by atoms with Crippen LogP contribution in [-0.4, -0.2) is 69.5 Å². The third-order valence-corrected chi connectivity index (χ3v) is 14.1. The minimum Gasteiger partial charge on any atom is -0.507 e. The molecule has 4 atom stereocenters. The van der Waals surface area contributed by atoms with Crippen molar-refractivity contribution in [1.82, 2.24) is 0 Å². The summed E-state index contributed by atoms with van der Waals surface area (Å²) in [6.45, 7) is 29.6. The van der Waals surface area contributed by atoms with Gasteiger partial charge in [-0.1, -0.05) is 133 Å². The van der Waals surface area contributed by atoms with Crippen molar-refractivity contribution < 1.29 is 20.4 Å². The molecular formula is C61H84N4O4. The number of hydrogen-bond donors (Lipinski definition) is 4. The molecule has 8 nitrogen and oxygen atoms in total. The minimum atomic E-state index is -0.282. The van der Waals surface area contributed by atoms with Crippen LogP contribution in [-0.2, 0) is 34.5 Å². The zero-order chi connectivity index (χ0) is 50.6. The van der Waals surface area contributed by atoms with Crippen LogP contribution in [0, 0.1) is 13.8 Å². The van der Waals surface area contributed by atoms with Crippen molar-refractivity contribution in [3.8, 4) is 23.0 Å². The molecule has 4 aromatic carbocycles. The van der Waals surface area contributed by atoms with Gasteiger partial charge in [-0.15, -0.1) is 0 Å². The van der Waals surface area contributed by atoms with Crippen LogP contribution in [0.1, 0.15) is 208 Å². The summed E-state index contributed by atoms with van der Waals surface area (Å²) in [5, 5.41) is 45.8. The zero-order valence-corrected chi connectivity index (χ0v) is 44.6. The highest BCUT2D eigenvalue weighted by Gasteiger charge is 2.28. The van der Waals surface area contributed by atoms with Crippen LogP contribution in [0.3, 0.4) is 0 Å². The molecule has 0 heterocycles. The fraction of sp³-hybridized carbons (Fsp3) is 0.541. The van der Waals surface area contributed by atoms with Crippen LogP contribution in [0.15, 0.2) is 68.5 Å². The number of phenolic OH excluding ortho intramolecular Hbond substituents is 4. The van der Waals surface area contributed by atoms with E-state index in [1.807, 2.05) is 37.0 Å². The lowest BCUT2D eigenvalue weighted by Gasteiger charge is -2.26. The summed E-state index contributed by atoms with van der Waals surface area (Å²) >= 11 is 0. The van der Waals surface area contributed by atoms with Gasteiger partial charge in [-0.2, -0.15) is 0 Å². The van der Waals surface area contributed by atoms with Gasteiger partial charge in [-0.25, -0.2) is 0 Å². The van der Waals surface area contributed by atoms with E-state index in [1.54, 1.807) is 0 Å². The van der Waals surface area contributed by atoms with E-state index in [9.17, 15) is 20.4 Å². The van der Waals surface area contributed by atoms with Crippen molar-refractivity contribution in [2.75, 3.05) is 0 Å². The Balaban J connectivity index is 1.21. The lowest BCUT2D eigenvalue weighted by molar-refractivity contribution is 0.390. The van der Waals surface area contributed by atoms with Crippen molar-refractivity contribution in [3.63, 3.8) is 0 Å². The number of nitrogens with zero attached hydrogens (tertiary/aromatic N) is 4. The molecule has 69 heavy (non-hydrogen) atoms. The monoisotopic (exact) mass is 937 g/mol. The van der Waals surface area contributed by atoms with E-state index >= 15 is 0 Å². The number of phenols is 4. The molecule has 2 saturated carbocycles. The predicted molar refractivity (Wildman–Crippen MR) is 291 cm³/mol. The van der Waals surface area contributed by atoms with Crippen LogP contribution in [0.5, 0.6) is 23.0 Å². The summed E-state index contributed by atoms with van der Waals surface area (Å²) in [4.78, 5) is 20.3. The highest BCUT2D eigenvalue weighted by molar-refractivity contribution is 5.87. The van der Waals surface area contributed by atoms with Gasteiger partial charge in [-0.05, 0) is 127 Å². The van der Waals surface area contributed by atoms with Gasteiger partial charge < -0.3 is 20.4 Å². The predicted octanol–water partition coefficient (Wildman–Crippen LogP) is 14.2. The summed E-state index contributed by atoms with van der Waals surface area (Å²) in [7, 11) is 0. The quantitative estimate of drug-likeness (QED) is 0.105. The van der Waals surface area contributed by atoms with E-state index in [4.69, 9.17) is 20.0 Å². The van der Waals surface area contributed by atoms with Gasteiger partial charge in [0.1, 0.15) is 23.0 Å². The fourth-order valence-corrected chi connectivity index (χ4v) is 10.1. The molecule has 4 aromatic rings. The summed E-state index contributed by atoms with van der Waals surface area (Å²) in [6.07, 6.45) is 17.9. The van der Waals surface area contributed by atoms with Crippen LogP contribution in [0.2, 0.25) is 0 Å². The Morgan fingerprint density at radius 3 is 0.899 bits per heavy atom. The Hall–Kier alpha value is -5.24. The van der Waals surface area contributed by atoms with Crippen molar-refractivity contribution in [1.29, 1.82) is 0 Å². The van der Waals surface area contributed by atoms with Crippen LogP contribution < -0.4 is 0 Å². The molecule has 0 bridgehead atoms. The number of hydrogen-bond acceptors (Lipinski definition) is 8. The Morgan fingerprint density at radius 1 is 0.391 bits per heavy atom. The van der Waals surface area contributed by atoms with Crippen LogP contribution in [0.25, 0.3) is 0 Å². The van der Waals surface area contributed by atoms with E-state index in [0.717, 1.165) is 137 Å². The Kier molecular flexibility index (Phi) is 16.5. The molecule has 2 aliphatic carbocycles. The molecule has 6 rings (SSSR count). The smallest absolute Gasteiger partial charge is 0.128 e. The maximum atomic E-state index is 11.7. The van der Waals surface area contributed by atoms with Crippen molar-refractivity contribution >= 4 is 24.9 Å². The number of aromatic hydroxyl groups is 4. The number of aliphatic imine (C=N–C) groups is 4. The second-order valence-corrected chi connectivity index (χ2v) is 24.5. The normalized spacial score (nSPS) is 20.0. The molecule has 0 spiro atoms. The third-order valence-electron chi connectivity index (χ3n) is 14.1. The first kappa shape index (κ1) is 53.1. The summed E-state index contributed by atoms with van der Waals surface area (Å²) in [6, 6.07) is 16.5. The molecule has 0 radical (unpaired) electrons. The first-order valence-corrected chi connectivity index (χ1v) is 25.7. The van der Waals surface area contributed by atoms with E-state index in [0.29, 0.717) is 11.5 Å².